The van der Waals surface area contributed by atoms with Gasteiger partial charge in [-0.05, 0) is 30.5 Å². The Morgan fingerprint density at radius 3 is 2.30 bits per heavy atom. The molecule has 4 nitrogen and oxygen atoms in total. The van der Waals surface area contributed by atoms with Crippen molar-refractivity contribution >= 4 is 11.5 Å². The summed E-state index contributed by atoms with van der Waals surface area (Å²) in [6, 6.07) is 3.65. The number of rotatable bonds is 3. The molecule has 8 heteroatoms. The lowest BCUT2D eigenvalue weighted by molar-refractivity contribution is -0.144. The van der Waals surface area contributed by atoms with E-state index in [1.165, 1.54) is 0 Å². The second kappa shape index (κ2) is 5.37. The minimum atomic E-state index is -4.56. The third-order valence-corrected chi connectivity index (χ3v) is 3.20. The minimum Gasteiger partial charge on any atom is -0.429 e. The van der Waals surface area contributed by atoms with Crippen LogP contribution in [0.1, 0.15) is 22.5 Å². The van der Waals surface area contributed by atoms with Crippen LogP contribution >= 0.6 is 11.5 Å². The summed E-state index contributed by atoms with van der Waals surface area (Å²) in [4.78, 5) is 3.34. The van der Waals surface area contributed by atoms with Gasteiger partial charge in [0.1, 0.15) is 5.75 Å². The fourth-order valence-electron chi connectivity index (χ4n) is 1.77. The molecule has 2 N–H and O–H groups in total. The number of ether oxygens (including phenoxy) is 1. The van der Waals surface area contributed by atoms with E-state index in [2.05, 4.69) is 9.36 Å². The fraction of sp³-hybridized carbons (Fsp3) is 0.333. The number of hydrogen-bond donors (Lipinski definition) is 1. The lowest BCUT2D eigenvalue weighted by Crippen LogP contribution is -2.07. The smallest absolute Gasteiger partial charge is 0.429 e. The van der Waals surface area contributed by atoms with Crippen LogP contribution < -0.4 is 10.5 Å². The minimum absolute atomic E-state index is 0.135. The summed E-state index contributed by atoms with van der Waals surface area (Å²) in [5.41, 5.74) is 8.06. The summed E-state index contributed by atoms with van der Waals surface area (Å²) in [5, 5.41) is -0.135. The van der Waals surface area contributed by atoms with Crippen molar-refractivity contribution in [3.63, 3.8) is 0 Å². The third-order valence-electron chi connectivity index (χ3n) is 2.61. The Labute approximate surface area is 117 Å². The van der Waals surface area contributed by atoms with Crippen LogP contribution in [-0.2, 0) is 12.7 Å². The quantitative estimate of drug-likeness (QED) is 0.943. The van der Waals surface area contributed by atoms with E-state index in [0.717, 1.165) is 16.7 Å². The van der Waals surface area contributed by atoms with Crippen molar-refractivity contribution in [1.82, 2.24) is 9.36 Å². The van der Waals surface area contributed by atoms with E-state index >= 15 is 0 Å². The average molecular weight is 303 g/mol. The third kappa shape index (κ3) is 3.07. The molecular weight excluding hydrogens is 291 g/mol. The van der Waals surface area contributed by atoms with Crippen LogP contribution in [0.15, 0.2) is 12.1 Å². The highest BCUT2D eigenvalue weighted by Gasteiger charge is 2.36. The van der Waals surface area contributed by atoms with E-state index in [1.54, 1.807) is 13.8 Å². The van der Waals surface area contributed by atoms with E-state index in [1.807, 2.05) is 12.1 Å². The number of nitrogens with two attached hydrogens (primary N) is 1. The number of alkyl halides is 3. The van der Waals surface area contributed by atoms with Gasteiger partial charge in [-0.15, -0.1) is 0 Å². The first-order valence-electron chi connectivity index (χ1n) is 5.70. The maximum atomic E-state index is 12.4. The zero-order chi connectivity index (χ0) is 14.9. The van der Waals surface area contributed by atoms with Crippen LogP contribution in [0.3, 0.4) is 0 Å². The zero-order valence-corrected chi connectivity index (χ0v) is 11.6. The van der Waals surface area contributed by atoms with Crippen molar-refractivity contribution in [2.45, 2.75) is 26.6 Å². The van der Waals surface area contributed by atoms with Gasteiger partial charge in [-0.2, -0.15) is 22.5 Å². The van der Waals surface area contributed by atoms with Crippen molar-refractivity contribution in [2.75, 3.05) is 0 Å². The number of nitrogens with zero attached hydrogens (tertiary/aromatic N) is 2. The standard InChI is InChI=1S/C12H12F3N3OS/c1-6-3-8(5-16)4-7(2)9(6)19-11-17-10(18-20-11)12(13,14)15/h3-4H,5,16H2,1-2H3. The molecule has 0 aliphatic rings. The first-order chi connectivity index (χ1) is 9.31. The molecule has 0 spiro atoms. The van der Waals surface area contributed by atoms with Crippen LogP contribution in [-0.4, -0.2) is 9.36 Å². The van der Waals surface area contributed by atoms with Crippen molar-refractivity contribution in [3.05, 3.63) is 34.6 Å². The molecule has 0 bridgehead atoms. The number of halogens is 3. The largest absolute Gasteiger partial charge is 0.452 e. The molecule has 0 aliphatic carbocycles. The van der Waals surface area contributed by atoms with Gasteiger partial charge in [-0.3, -0.25) is 0 Å². The molecule has 2 rings (SSSR count). The van der Waals surface area contributed by atoms with Gasteiger partial charge < -0.3 is 10.5 Å². The molecule has 0 saturated carbocycles. The van der Waals surface area contributed by atoms with Gasteiger partial charge in [0.25, 0.3) is 11.0 Å². The number of aryl methyl sites for hydroxylation is 2. The topological polar surface area (TPSA) is 61.0 Å². The Balaban J connectivity index is 2.29. The number of aromatic nitrogens is 2. The SMILES string of the molecule is Cc1cc(CN)cc(C)c1Oc1nc(C(F)(F)F)ns1. The Morgan fingerprint density at radius 1 is 1.25 bits per heavy atom. The first kappa shape index (κ1) is 14.7. The Morgan fingerprint density at radius 2 is 1.85 bits per heavy atom. The van der Waals surface area contributed by atoms with Gasteiger partial charge in [-0.1, -0.05) is 12.1 Å². The van der Waals surface area contributed by atoms with Crippen molar-refractivity contribution in [1.29, 1.82) is 0 Å². The van der Waals surface area contributed by atoms with Crippen LogP contribution in [0.2, 0.25) is 0 Å². The van der Waals surface area contributed by atoms with E-state index in [4.69, 9.17) is 10.5 Å². The molecule has 1 heterocycles. The highest BCUT2D eigenvalue weighted by molar-refractivity contribution is 7.07. The lowest BCUT2D eigenvalue weighted by Gasteiger charge is -2.11. The zero-order valence-electron chi connectivity index (χ0n) is 10.8. The molecule has 1 aromatic carbocycles. The lowest BCUT2D eigenvalue weighted by atomic mass is 10.1. The molecule has 1 aromatic heterocycles. The van der Waals surface area contributed by atoms with E-state index in [-0.39, 0.29) is 5.19 Å². The predicted octanol–water partition coefficient (Wildman–Crippen LogP) is 3.42. The summed E-state index contributed by atoms with van der Waals surface area (Å²) in [5.74, 6) is -0.710. The molecule has 20 heavy (non-hydrogen) atoms. The van der Waals surface area contributed by atoms with Gasteiger partial charge in [0.2, 0.25) is 0 Å². The molecule has 0 atom stereocenters. The summed E-state index contributed by atoms with van der Waals surface area (Å²) < 4.78 is 45.9. The summed E-state index contributed by atoms with van der Waals surface area (Å²) >= 11 is 0.571. The van der Waals surface area contributed by atoms with E-state index in [9.17, 15) is 13.2 Å². The fourth-order valence-corrected chi connectivity index (χ4v) is 2.33. The van der Waals surface area contributed by atoms with Crippen LogP contribution in [0.4, 0.5) is 13.2 Å². The molecule has 0 unspecified atom stereocenters. The van der Waals surface area contributed by atoms with Gasteiger partial charge in [0, 0.05) is 18.1 Å². The molecule has 108 valence electrons. The maximum Gasteiger partial charge on any atom is 0.452 e. The second-order valence-corrected chi connectivity index (χ2v) is 4.96. The highest BCUT2D eigenvalue weighted by Crippen LogP contribution is 2.34. The van der Waals surface area contributed by atoms with E-state index < -0.39 is 12.0 Å². The highest BCUT2D eigenvalue weighted by atomic mass is 32.1. The monoisotopic (exact) mass is 303 g/mol. The van der Waals surface area contributed by atoms with Crippen molar-refractivity contribution in [3.8, 4) is 10.9 Å². The first-order valence-corrected chi connectivity index (χ1v) is 6.47. The van der Waals surface area contributed by atoms with Gasteiger partial charge in [0.15, 0.2) is 0 Å². The predicted molar refractivity (Wildman–Crippen MR) is 68.8 cm³/mol. The van der Waals surface area contributed by atoms with Gasteiger partial charge in [-0.25, -0.2) is 0 Å². The molecule has 0 fully saturated rings. The van der Waals surface area contributed by atoms with Crippen LogP contribution in [0.25, 0.3) is 0 Å². The average Bonchev–Trinajstić information content (AvgIpc) is 2.82. The number of benzene rings is 1. The molecule has 0 aliphatic heterocycles. The van der Waals surface area contributed by atoms with Crippen LogP contribution in [0, 0.1) is 13.8 Å². The molecular formula is C12H12F3N3OS. The summed E-state index contributed by atoms with van der Waals surface area (Å²) in [6.45, 7) is 3.99. The molecule has 2 aromatic rings. The molecule has 0 saturated heterocycles. The molecule has 0 amide bonds. The Kier molecular flexibility index (Phi) is 3.96. The van der Waals surface area contributed by atoms with E-state index in [0.29, 0.717) is 23.8 Å². The van der Waals surface area contributed by atoms with Gasteiger partial charge >= 0.3 is 6.18 Å². The van der Waals surface area contributed by atoms with Crippen molar-refractivity contribution < 1.29 is 17.9 Å². The summed E-state index contributed by atoms with van der Waals surface area (Å²) in [7, 11) is 0. The number of hydrogen-bond acceptors (Lipinski definition) is 5. The van der Waals surface area contributed by atoms with Crippen molar-refractivity contribution in [2.24, 2.45) is 5.73 Å². The van der Waals surface area contributed by atoms with Gasteiger partial charge in [0.05, 0.1) is 0 Å². The summed E-state index contributed by atoms with van der Waals surface area (Å²) in [6.07, 6.45) is -4.56. The normalized spacial score (nSPS) is 11.7. The van der Waals surface area contributed by atoms with Crippen LogP contribution in [0.5, 0.6) is 10.9 Å². The Bertz CT molecular complexity index is 602. The second-order valence-electron chi connectivity index (χ2n) is 4.25. The Hall–Kier alpha value is -1.67. The maximum absolute atomic E-state index is 12.4. The molecule has 0 radical (unpaired) electrons.